The van der Waals surface area contributed by atoms with Crippen molar-refractivity contribution < 1.29 is 14.6 Å². The maximum absolute atomic E-state index is 10.5. The largest absolute Gasteiger partial charge is 0.483 e. The number of carbonyl (C=O) groups excluding carboxylic acids is 1. The molecule has 0 unspecified atom stereocenters. The van der Waals surface area contributed by atoms with Gasteiger partial charge in [0.25, 0.3) is 5.91 Å². The molecule has 0 bridgehead atoms. The average Bonchev–Trinajstić information content (AvgIpc) is 2.14. The average molecular weight is 216 g/mol. The van der Waals surface area contributed by atoms with Gasteiger partial charge in [-0.2, -0.15) is 0 Å². The molecule has 0 aliphatic heterocycles. The van der Waals surface area contributed by atoms with Crippen LogP contribution in [0.4, 0.5) is 0 Å². The molecule has 1 aromatic rings. The molecular formula is C9H10ClNO3. The van der Waals surface area contributed by atoms with E-state index in [1.54, 1.807) is 18.2 Å². The molecule has 0 aliphatic rings. The van der Waals surface area contributed by atoms with Crippen molar-refractivity contribution >= 4 is 17.5 Å². The second-order valence-electron chi connectivity index (χ2n) is 2.63. The van der Waals surface area contributed by atoms with Crippen LogP contribution in [0.25, 0.3) is 0 Å². The SMILES string of the molecule is NC(=O)COc1cccc(Cl)c1CO. The molecule has 0 saturated carbocycles. The predicted molar refractivity (Wildman–Crippen MR) is 52.1 cm³/mol. The third-order valence-corrected chi connectivity index (χ3v) is 1.96. The molecule has 0 aromatic heterocycles. The fourth-order valence-electron chi connectivity index (χ4n) is 0.976. The van der Waals surface area contributed by atoms with Crippen LogP contribution in [0.15, 0.2) is 18.2 Å². The predicted octanol–water partition coefficient (Wildman–Crippen LogP) is 0.696. The number of primary amides is 1. The summed E-state index contributed by atoms with van der Waals surface area (Å²) in [5.74, 6) is -0.201. The molecule has 14 heavy (non-hydrogen) atoms. The number of carbonyl (C=O) groups is 1. The number of rotatable bonds is 4. The third kappa shape index (κ3) is 2.61. The summed E-state index contributed by atoms with van der Waals surface area (Å²) in [6, 6.07) is 4.91. The van der Waals surface area contributed by atoms with Crippen LogP contribution in [0, 0.1) is 0 Å². The molecule has 4 nitrogen and oxygen atoms in total. The molecule has 1 rings (SSSR count). The smallest absolute Gasteiger partial charge is 0.255 e. The maximum Gasteiger partial charge on any atom is 0.255 e. The lowest BCUT2D eigenvalue weighted by Gasteiger charge is -2.09. The van der Waals surface area contributed by atoms with Gasteiger partial charge in [-0.05, 0) is 12.1 Å². The van der Waals surface area contributed by atoms with E-state index in [4.69, 9.17) is 27.2 Å². The van der Waals surface area contributed by atoms with Gasteiger partial charge in [-0.25, -0.2) is 0 Å². The molecule has 1 amide bonds. The summed E-state index contributed by atoms with van der Waals surface area (Å²) in [6.45, 7) is -0.471. The van der Waals surface area contributed by atoms with E-state index in [-0.39, 0.29) is 13.2 Å². The van der Waals surface area contributed by atoms with E-state index in [1.165, 1.54) is 0 Å². The number of hydrogen-bond donors (Lipinski definition) is 2. The Morgan fingerprint density at radius 3 is 2.86 bits per heavy atom. The number of halogens is 1. The van der Waals surface area contributed by atoms with Crippen molar-refractivity contribution in [1.82, 2.24) is 0 Å². The van der Waals surface area contributed by atoms with Crippen LogP contribution in [0.1, 0.15) is 5.56 Å². The van der Waals surface area contributed by atoms with Gasteiger partial charge in [-0.1, -0.05) is 17.7 Å². The van der Waals surface area contributed by atoms with Gasteiger partial charge in [0.2, 0.25) is 0 Å². The Morgan fingerprint density at radius 2 is 2.29 bits per heavy atom. The molecule has 0 aliphatic carbocycles. The monoisotopic (exact) mass is 215 g/mol. The van der Waals surface area contributed by atoms with Gasteiger partial charge in [0, 0.05) is 10.6 Å². The normalized spacial score (nSPS) is 9.86. The van der Waals surface area contributed by atoms with E-state index in [9.17, 15) is 4.79 Å². The van der Waals surface area contributed by atoms with Crippen LogP contribution in [0.5, 0.6) is 5.75 Å². The number of benzene rings is 1. The maximum atomic E-state index is 10.5. The third-order valence-electron chi connectivity index (χ3n) is 1.60. The minimum absolute atomic E-state index is 0.229. The number of aliphatic hydroxyl groups is 1. The van der Waals surface area contributed by atoms with Gasteiger partial charge in [0.05, 0.1) is 6.61 Å². The first-order valence-electron chi connectivity index (χ1n) is 3.94. The second kappa shape index (κ2) is 4.83. The standard InChI is InChI=1S/C9H10ClNO3/c10-7-2-1-3-8(6(7)4-12)14-5-9(11)13/h1-3,12H,4-5H2,(H2,11,13). The summed E-state index contributed by atoms with van der Waals surface area (Å²) in [6.07, 6.45) is 0. The summed E-state index contributed by atoms with van der Waals surface area (Å²) in [5.41, 5.74) is 5.36. The first-order chi connectivity index (χ1) is 6.65. The van der Waals surface area contributed by atoms with Crippen molar-refractivity contribution in [2.75, 3.05) is 6.61 Å². The lowest BCUT2D eigenvalue weighted by atomic mass is 10.2. The number of ether oxygens (including phenoxy) is 1. The molecule has 0 fully saturated rings. The summed E-state index contributed by atoms with van der Waals surface area (Å²) in [7, 11) is 0. The van der Waals surface area contributed by atoms with E-state index < -0.39 is 5.91 Å². The Labute approximate surface area is 86.2 Å². The zero-order chi connectivity index (χ0) is 10.6. The Bertz CT molecular complexity index is 341. The van der Waals surface area contributed by atoms with Gasteiger partial charge in [-0.15, -0.1) is 0 Å². The van der Waals surface area contributed by atoms with Crippen LogP contribution >= 0.6 is 11.6 Å². The van der Waals surface area contributed by atoms with Gasteiger partial charge in [-0.3, -0.25) is 4.79 Å². The summed E-state index contributed by atoms with van der Waals surface area (Å²) in [5, 5.41) is 9.38. The van der Waals surface area contributed by atoms with Crippen LogP contribution in [-0.4, -0.2) is 17.6 Å². The van der Waals surface area contributed by atoms with Crippen molar-refractivity contribution in [3.8, 4) is 5.75 Å². The molecule has 1 aromatic carbocycles. The Morgan fingerprint density at radius 1 is 1.57 bits per heavy atom. The molecule has 3 N–H and O–H groups in total. The molecule has 0 spiro atoms. The van der Waals surface area contributed by atoms with Crippen molar-refractivity contribution in [1.29, 1.82) is 0 Å². The van der Waals surface area contributed by atoms with Crippen LogP contribution < -0.4 is 10.5 Å². The molecule has 76 valence electrons. The second-order valence-corrected chi connectivity index (χ2v) is 3.04. The number of nitrogens with two attached hydrogens (primary N) is 1. The first kappa shape index (κ1) is 10.8. The van der Waals surface area contributed by atoms with E-state index in [0.29, 0.717) is 16.3 Å². The number of hydrogen-bond acceptors (Lipinski definition) is 3. The Balaban J connectivity index is 2.85. The first-order valence-corrected chi connectivity index (χ1v) is 4.32. The molecular weight excluding hydrogens is 206 g/mol. The van der Waals surface area contributed by atoms with Crippen LogP contribution in [-0.2, 0) is 11.4 Å². The molecule has 5 heteroatoms. The van der Waals surface area contributed by atoms with Crippen LogP contribution in [0.3, 0.4) is 0 Å². The molecule has 0 atom stereocenters. The zero-order valence-corrected chi connectivity index (χ0v) is 8.12. The lowest BCUT2D eigenvalue weighted by Crippen LogP contribution is -2.20. The summed E-state index contributed by atoms with van der Waals surface area (Å²) < 4.78 is 5.05. The van der Waals surface area contributed by atoms with Gasteiger partial charge < -0.3 is 15.6 Å². The van der Waals surface area contributed by atoms with Crippen molar-refractivity contribution in [3.05, 3.63) is 28.8 Å². The van der Waals surface area contributed by atoms with Crippen molar-refractivity contribution in [2.45, 2.75) is 6.61 Å². The molecule has 0 heterocycles. The number of aliphatic hydroxyl groups excluding tert-OH is 1. The fourth-order valence-corrected chi connectivity index (χ4v) is 1.20. The Hall–Kier alpha value is -1.26. The van der Waals surface area contributed by atoms with E-state index in [0.717, 1.165) is 0 Å². The van der Waals surface area contributed by atoms with Gasteiger partial charge in [0.1, 0.15) is 5.75 Å². The quantitative estimate of drug-likeness (QED) is 0.777. The van der Waals surface area contributed by atoms with Crippen molar-refractivity contribution in [2.24, 2.45) is 5.73 Å². The fraction of sp³-hybridized carbons (Fsp3) is 0.222. The molecule has 0 radical (unpaired) electrons. The number of amides is 1. The van der Waals surface area contributed by atoms with Gasteiger partial charge >= 0.3 is 0 Å². The van der Waals surface area contributed by atoms with E-state index >= 15 is 0 Å². The lowest BCUT2D eigenvalue weighted by molar-refractivity contribution is -0.119. The minimum Gasteiger partial charge on any atom is -0.483 e. The van der Waals surface area contributed by atoms with Gasteiger partial charge in [0.15, 0.2) is 6.61 Å². The van der Waals surface area contributed by atoms with E-state index in [2.05, 4.69) is 0 Å². The van der Waals surface area contributed by atoms with Crippen LogP contribution in [0.2, 0.25) is 5.02 Å². The highest BCUT2D eigenvalue weighted by atomic mass is 35.5. The topological polar surface area (TPSA) is 72.6 Å². The summed E-state index contributed by atoms with van der Waals surface area (Å²) >= 11 is 5.79. The highest BCUT2D eigenvalue weighted by molar-refractivity contribution is 6.31. The van der Waals surface area contributed by atoms with Crippen molar-refractivity contribution in [3.63, 3.8) is 0 Å². The highest BCUT2D eigenvalue weighted by Crippen LogP contribution is 2.26. The minimum atomic E-state index is -0.575. The molecule has 0 saturated heterocycles. The van der Waals surface area contributed by atoms with E-state index in [1.807, 2.05) is 0 Å². The highest BCUT2D eigenvalue weighted by Gasteiger charge is 2.07. The Kier molecular flexibility index (Phi) is 3.73. The summed E-state index contributed by atoms with van der Waals surface area (Å²) in [4.78, 5) is 10.5. The zero-order valence-electron chi connectivity index (χ0n) is 7.37.